The van der Waals surface area contributed by atoms with Gasteiger partial charge in [-0.1, -0.05) is 13.8 Å². The quantitative estimate of drug-likeness (QED) is 0.909. The van der Waals surface area contributed by atoms with Gasteiger partial charge in [-0.3, -0.25) is 0 Å². The Morgan fingerprint density at radius 3 is 2.95 bits per heavy atom. The summed E-state index contributed by atoms with van der Waals surface area (Å²) in [5, 5.41) is 12.3. The van der Waals surface area contributed by atoms with Crippen molar-refractivity contribution in [3.63, 3.8) is 0 Å². The fourth-order valence-corrected chi connectivity index (χ4v) is 1.89. The Morgan fingerprint density at radius 1 is 1.45 bits per heavy atom. The number of aromatic nitrogens is 2. The number of nitrogens with zero attached hydrogens (tertiary/aromatic N) is 3. The second-order valence-corrected chi connectivity index (χ2v) is 4.99. The Balaban J connectivity index is 2.11. The highest BCUT2D eigenvalue weighted by molar-refractivity contribution is 5.38. The topological polar surface area (TPSA) is 53.6 Å². The van der Waals surface area contributed by atoms with Gasteiger partial charge in [0.25, 0.3) is 0 Å². The molecular formula is C15H17FN4. The van der Waals surface area contributed by atoms with Crippen molar-refractivity contribution in [3.8, 4) is 6.07 Å². The summed E-state index contributed by atoms with van der Waals surface area (Å²) in [5.41, 5.74) is 2.07. The summed E-state index contributed by atoms with van der Waals surface area (Å²) in [6.45, 7) is 5.28. The lowest BCUT2D eigenvalue weighted by Crippen LogP contribution is -2.21. The highest BCUT2D eigenvalue weighted by Crippen LogP contribution is 2.12. The van der Waals surface area contributed by atoms with Crippen molar-refractivity contribution in [2.45, 2.75) is 33.0 Å². The average Bonchev–Trinajstić information content (AvgIpc) is 2.84. The molecule has 0 radical (unpaired) electrons. The molecule has 0 atom stereocenters. The van der Waals surface area contributed by atoms with E-state index in [1.54, 1.807) is 6.33 Å². The number of rotatable bonds is 5. The molecule has 0 aliphatic carbocycles. The van der Waals surface area contributed by atoms with E-state index in [2.05, 4.69) is 30.2 Å². The van der Waals surface area contributed by atoms with Crippen LogP contribution in [0.25, 0.3) is 0 Å². The minimum absolute atomic E-state index is 0.333. The second-order valence-electron chi connectivity index (χ2n) is 4.99. The lowest BCUT2D eigenvalue weighted by Gasteiger charge is -2.06. The first-order valence-corrected chi connectivity index (χ1v) is 6.51. The smallest absolute Gasteiger partial charge is 0.123 e. The van der Waals surface area contributed by atoms with Crippen molar-refractivity contribution in [2.24, 2.45) is 0 Å². The number of imidazole rings is 1. The number of benzene rings is 1. The number of halogens is 1. The van der Waals surface area contributed by atoms with Gasteiger partial charge in [-0.2, -0.15) is 5.26 Å². The lowest BCUT2D eigenvalue weighted by atomic mass is 10.1. The molecule has 2 aromatic rings. The molecule has 0 spiro atoms. The van der Waals surface area contributed by atoms with E-state index in [1.807, 2.05) is 10.8 Å². The zero-order valence-electron chi connectivity index (χ0n) is 11.6. The Morgan fingerprint density at radius 2 is 2.25 bits per heavy atom. The van der Waals surface area contributed by atoms with Gasteiger partial charge < -0.3 is 9.88 Å². The van der Waals surface area contributed by atoms with Gasteiger partial charge in [0.05, 0.1) is 23.7 Å². The molecule has 1 aromatic carbocycles. The molecule has 0 bridgehead atoms. The van der Waals surface area contributed by atoms with Crippen LogP contribution in [0.15, 0.2) is 30.7 Å². The zero-order valence-corrected chi connectivity index (χ0v) is 11.6. The van der Waals surface area contributed by atoms with Crippen molar-refractivity contribution < 1.29 is 4.39 Å². The van der Waals surface area contributed by atoms with E-state index in [0.717, 1.165) is 5.69 Å². The first kappa shape index (κ1) is 14.2. The molecule has 1 aromatic heterocycles. The first-order chi connectivity index (χ1) is 9.58. The molecule has 5 heteroatoms. The maximum absolute atomic E-state index is 13.3. The molecule has 0 aliphatic heterocycles. The lowest BCUT2D eigenvalue weighted by molar-refractivity contribution is 0.582. The molecule has 0 fully saturated rings. The molecule has 0 aliphatic rings. The van der Waals surface area contributed by atoms with Crippen LogP contribution in [0.2, 0.25) is 0 Å². The highest BCUT2D eigenvalue weighted by atomic mass is 19.1. The molecule has 0 unspecified atom stereocenters. The maximum Gasteiger partial charge on any atom is 0.123 e. The van der Waals surface area contributed by atoms with E-state index in [1.165, 1.54) is 18.2 Å². The Labute approximate surface area is 117 Å². The number of hydrogen-bond donors (Lipinski definition) is 1. The van der Waals surface area contributed by atoms with Gasteiger partial charge in [0.15, 0.2) is 0 Å². The molecule has 0 amide bonds. The molecule has 4 nitrogen and oxygen atoms in total. The molecule has 0 saturated heterocycles. The average molecular weight is 272 g/mol. The van der Waals surface area contributed by atoms with Gasteiger partial charge in [-0.05, 0) is 23.8 Å². The summed E-state index contributed by atoms with van der Waals surface area (Å²) in [4.78, 5) is 4.29. The van der Waals surface area contributed by atoms with Gasteiger partial charge in [-0.25, -0.2) is 9.37 Å². The minimum Gasteiger partial charge on any atom is -0.333 e. The monoisotopic (exact) mass is 272 g/mol. The van der Waals surface area contributed by atoms with Gasteiger partial charge in [0.2, 0.25) is 0 Å². The molecule has 0 saturated carbocycles. The Bertz CT molecular complexity index is 625. The van der Waals surface area contributed by atoms with Gasteiger partial charge in [0.1, 0.15) is 5.82 Å². The van der Waals surface area contributed by atoms with Gasteiger partial charge in [0, 0.05) is 25.3 Å². The fourth-order valence-electron chi connectivity index (χ4n) is 1.89. The summed E-state index contributed by atoms with van der Waals surface area (Å²) >= 11 is 0. The summed E-state index contributed by atoms with van der Waals surface area (Å²) in [6, 6.07) is 6.67. The molecule has 1 N–H and O–H groups in total. The predicted octanol–water partition coefficient (Wildman–Crippen LogP) is 2.44. The van der Waals surface area contributed by atoms with Crippen LogP contribution in [0, 0.1) is 17.1 Å². The SMILES string of the molecule is CC(C)NCc1cn(Cc2cc(F)ccc2C#N)cn1. The third kappa shape index (κ3) is 3.65. The minimum atomic E-state index is -0.333. The van der Waals surface area contributed by atoms with Crippen LogP contribution in [0.4, 0.5) is 4.39 Å². The number of hydrogen-bond acceptors (Lipinski definition) is 3. The van der Waals surface area contributed by atoms with Crippen molar-refractivity contribution in [3.05, 3.63) is 53.4 Å². The summed E-state index contributed by atoms with van der Waals surface area (Å²) in [7, 11) is 0. The summed E-state index contributed by atoms with van der Waals surface area (Å²) in [6.07, 6.45) is 3.60. The van der Waals surface area contributed by atoms with E-state index in [-0.39, 0.29) is 5.82 Å². The molecule has 2 rings (SSSR count). The molecular weight excluding hydrogens is 255 g/mol. The van der Waals surface area contributed by atoms with Crippen molar-refractivity contribution in [1.82, 2.24) is 14.9 Å². The van der Waals surface area contributed by atoms with Crippen LogP contribution in [-0.4, -0.2) is 15.6 Å². The van der Waals surface area contributed by atoms with Crippen molar-refractivity contribution in [1.29, 1.82) is 5.26 Å². The summed E-state index contributed by atoms with van der Waals surface area (Å²) in [5.74, 6) is -0.333. The van der Waals surface area contributed by atoms with Crippen molar-refractivity contribution >= 4 is 0 Å². The van der Waals surface area contributed by atoms with Crippen LogP contribution in [0.5, 0.6) is 0 Å². The van der Waals surface area contributed by atoms with E-state index in [9.17, 15) is 4.39 Å². The summed E-state index contributed by atoms with van der Waals surface area (Å²) < 4.78 is 15.1. The first-order valence-electron chi connectivity index (χ1n) is 6.51. The fraction of sp³-hybridized carbons (Fsp3) is 0.333. The third-order valence-corrected chi connectivity index (χ3v) is 2.92. The molecule has 1 heterocycles. The number of nitrogens with one attached hydrogen (secondary N) is 1. The Hall–Kier alpha value is -2.19. The van der Waals surface area contributed by atoms with Crippen molar-refractivity contribution in [2.75, 3.05) is 0 Å². The largest absolute Gasteiger partial charge is 0.333 e. The maximum atomic E-state index is 13.3. The van der Waals surface area contributed by atoms with Crippen LogP contribution < -0.4 is 5.32 Å². The predicted molar refractivity (Wildman–Crippen MR) is 74.4 cm³/mol. The van der Waals surface area contributed by atoms with Gasteiger partial charge >= 0.3 is 0 Å². The normalized spacial score (nSPS) is 10.8. The van der Waals surface area contributed by atoms with E-state index >= 15 is 0 Å². The zero-order chi connectivity index (χ0) is 14.5. The van der Waals surface area contributed by atoms with E-state index in [4.69, 9.17) is 5.26 Å². The highest BCUT2D eigenvalue weighted by Gasteiger charge is 2.06. The van der Waals surface area contributed by atoms with E-state index in [0.29, 0.717) is 30.3 Å². The Kier molecular flexibility index (Phi) is 4.49. The van der Waals surface area contributed by atoms with Gasteiger partial charge in [-0.15, -0.1) is 0 Å². The molecule has 20 heavy (non-hydrogen) atoms. The third-order valence-electron chi connectivity index (χ3n) is 2.92. The van der Waals surface area contributed by atoms with Crippen LogP contribution in [0.3, 0.4) is 0 Å². The standard InChI is InChI=1S/C15H17FN4/c1-11(2)18-7-15-9-20(10-19-15)8-13-5-14(16)4-3-12(13)6-17/h3-5,9-11,18H,7-8H2,1-2H3. The van der Waals surface area contributed by atoms with E-state index < -0.39 is 0 Å². The second kappa shape index (κ2) is 6.31. The van der Waals surface area contributed by atoms with Crippen LogP contribution in [-0.2, 0) is 13.1 Å². The number of nitriles is 1. The molecule has 104 valence electrons. The van der Waals surface area contributed by atoms with Crippen LogP contribution in [0.1, 0.15) is 30.7 Å². The van der Waals surface area contributed by atoms with Crippen LogP contribution >= 0.6 is 0 Å².